The van der Waals surface area contributed by atoms with E-state index in [4.69, 9.17) is 5.73 Å². The summed E-state index contributed by atoms with van der Waals surface area (Å²) in [6.45, 7) is 9.66. The molecule has 1 rings (SSSR count). The van der Waals surface area contributed by atoms with E-state index in [9.17, 15) is 0 Å². The first-order valence-corrected chi connectivity index (χ1v) is 5.02. The van der Waals surface area contributed by atoms with Gasteiger partial charge >= 0.3 is 0 Å². The molecule has 0 spiro atoms. The lowest BCUT2D eigenvalue weighted by Crippen LogP contribution is -2.55. The minimum Gasteiger partial charge on any atom is -0.327 e. The zero-order chi connectivity index (χ0) is 10.1. The first-order valence-electron chi connectivity index (χ1n) is 5.02. The molecule has 0 unspecified atom stereocenters. The van der Waals surface area contributed by atoms with Crippen LogP contribution in [0.5, 0.6) is 0 Å². The topological polar surface area (TPSA) is 38.0 Å². The molecule has 1 aliphatic heterocycles. The van der Waals surface area contributed by atoms with E-state index in [0.717, 1.165) is 12.8 Å². The highest BCUT2D eigenvalue weighted by molar-refractivity contribution is 5.16. The summed E-state index contributed by atoms with van der Waals surface area (Å²) < 4.78 is 0. The van der Waals surface area contributed by atoms with Gasteiger partial charge in [-0.05, 0) is 40.5 Å². The molecule has 0 aromatic heterocycles. The maximum Gasteiger partial charge on any atom is 0.0167 e. The van der Waals surface area contributed by atoms with Crippen LogP contribution in [0.2, 0.25) is 0 Å². The maximum atomic E-state index is 5.54. The van der Waals surface area contributed by atoms with Crippen molar-refractivity contribution in [3.63, 3.8) is 0 Å². The van der Waals surface area contributed by atoms with Crippen molar-refractivity contribution in [1.29, 1.82) is 0 Å². The van der Waals surface area contributed by atoms with Crippen LogP contribution < -0.4 is 11.1 Å². The van der Waals surface area contributed by atoms with Gasteiger partial charge in [-0.3, -0.25) is 0 Å². The number of hydrogen-bond acceptors (Lipinski definition) is 2. The predicted molar refractivity (Wildman–Crippen MR) is 57.7 cm³/mol. The van der Waals surface area contributed by atoms with Crippen molar-refractivity contribution < 1.29 is 0 Å². The summed E-state index contributed by atoms with van der Waals surface area (Å²) in [5, 5.41) is 3.64. The third kappa shape index (κ3) is 3.12. The summed E-state index contributed by atoms with van der Waals surface area (Å²) in [4.78, 5) is 0. The first-order chi connectivity index (χ1) is 5.85. The molecule has 0 aromatic carbocycles. The number of nitrogens with two attached hydrogens (primary N) is 1. The van der Waals surface area contributed by atoms with Crippen LogP contribution in [0.15, 0.2) is 11.6 Å². The molecule has 3 N–H and O–H groups in total. The van der Waals surface area contributed by atoms with E-state index in [1.54, 1.807) is 0 Å². The lowest BCUT2D eigenvalue weighted by atomic mass is 9.79. The summed E-state index contributed by atoms with van der Waals surface area (Å²) >= 11 is 0. The predicted octanol–water partition coefficient (Wildman–Crippen LogP) is 1.81. The van der Waals surface area contributed by atoms with Crippen LogP contribution in [-0.2, 0) is 0 Å². The van der Waals surface area contributed by atoms with Crippen molar-refractivity contribution >= 4 is 0 Å². The molecular weight excluding hydrogens is 160 g/mol. The van der Waals surface area contributed by atoms with Gasteiger partial charge in [-0.1, -0.05) is 11.6 Å². The Balaban J connectivity index is 2.78. The largest absolute Gasteiger partial charge is 0.327 e. The molecule has 1 saturated heterocycles. The Labute approximate surface area is 81.6 Å². The molecule has 0 aliphatic carbocycles. The van der Waals surface area contributed by atoms with E-state index in [0.29, 0.717) is 6.54 Å². The third-order valence-electron chi connectivity index (χ3n) is 2.42. The van der Waals surface area contributed by atoms with Gasteiger partial charge in [-0.2, -0.15) is 0 Å². The van der Waals surface area contributed by atoms with Crippen molar-refractivity contribution in [3.05, 3.63) is 11.6 Å². The van der Waals surface area contributed by atoms with Crippen molar-refractivity contribution in [2.75, 3.05) is 6.54 Å². The summed E-state index contributed by atoms with van der Waals surface area (Å²) in [6.07, 6.45) is 4.41. The van der Waals surface area contributed by atoms with Crippen LogP contribution >= 0.6 is 0 Å². The van der Waals surface area contributed by atoms with Crippen LogP contribution in [0.1, 0.15) is 40.5 Å². The van der Waals surface area contributed by atoms with Crippen LogP contribution in [0, 0.1) is 0 Å². The monoisotopic (exact) mass is 182 g/mol. The highest BCUT2D eigenvalue weighted by Crippen LogP contribution is 2.31. The number of rotatable bonds is 1. The molecule has 0 aromatic rings. The van der Waals surface area contributed by atoms with E-state index in [2.05, 4.69) is 39.1 Å². The Bertz CT molecular complexity index is 196. The first kappa shape index (κ1) is 10.7. The fraction of sp³-hybridized carbons (Fsp3) is 0.818. The zero-order valence-corrected chi connectivity index (χ0v) is 9.28. The Kier molecular flexibility index (Phi) is 2.83. The quantitative estimate of drug-likeness (QED) is 0.607. The van der Waals surface area contributed by atoms with E-state index >= 15 is 0 Å². The molecule has 13 heavy (non-hydrogen) atoms. The van der Waals surface area contributed by atoms with Crippen LogP contribution in [0.25, 0.3) is 0 Å². The van der Waals surface area contributed by atoms with E-state index in [-0.39, 0.29) is 11.1 Å². The van der Waals surface area contributed by atoms with E-state index in [1.165, 1.54) is 5.57 Å². The molecule has 0 atom stereocenters. The lowest BCUT2D eigenvalue weighted by Gasteiger charge is -2.44. The molecule has 0 amide bonds. The summed E-state index contributed by atoms with van der Waals surface area (Å²) in [5.41, 5.74) is 7.46. The molecule has 1 aliphatic rings. The number of piperidine rings is 1. The van der Waals surface area contributed by atoms with Gasteiger partial charge in [0.1, 0.15) is 0 Å². The van der Waals surface area contributed by atoms with Gasteiger partial charge in [0, 0.05) is 17.6 Å². The van der Waals surface area contributed by atoms with Crippen LogP contribution in [0.4, 0.5) is 0 Å². The van der Waals surface area contributed by atoms with Crippen molar-refractivity contribution in [2.24, 2.45) is 5.73 Å². The average Bonchev–Trinajstić information content (AvgIpc) is 1.78. The number of nitrogens with one attached hydrogen (secondary N) is 1. The third-order valence-corrected chi connectivity index (χ3v) is 2.42. The summed E-state index contributed by atoms with van der Waals surface area (Å²) in [5.74, 6) is 0. The minimum absolute atomic E-state index is 0.211. The van der Waals surface area contributed by atoms with Crippen molar-refractivity contribution in [3.8, 4) is 0 Å². The second-order valence-corrected chi connectivity index (χ2v) is 5.34. The smallest absolute Gasteiger partial charge is 0.0167 e. The van der Waals surface area contributed by atoms with Gasteiger partial charge in [0.2, 0.25) is 0 Å². The van der Waals surface area contributed by atoms with Gasteiger partial charge in [0.05, 0.1) is 0 Å². The molecule has 0 radical (unpaired) electrons. The molecule has 0 saturated carbocycles. The standard InChI is InChI=1S/C11H22N2/c1-10(2)7-9(5-6-12)8-11(3,4)13-10/h5,13H,6-8,12H2,1-4H3. The number of hydrogen-bond donors (Lipinski definition) is 2. The SMILES string of the molecule is CC1(C)CC(=CCN)CC(C)(C)N1. The fourth-order valence-corrected chi connectivity index (χ4v) is 2.51. The van der Waals surface area contributed by atoms with E-state index < -0.39 is 0 Å². The average molecular weight is 182 g/mol. The van der Waals surface area contributed by atoms with Gasteiger partial charge < -0.3 is 11.1 Å². The highest BCUT2D eigenvalue weighted by Gasteiger charge is 2.34. The Morgan fingerprint density at radius 3 is 2.08 bits per heavy atom. The molecular formula is C11H22N2. The minimum atomic E-state index is 0.211. The molecule has 2 heteroatoms. The fourth-order valence-electron chi connectivity index (χ4n) is 2.51. The van der Waals surface area contributed by atoms with Crippen molar-refractivity contribution in [2.45, 2.75) is 51.6 Å². The van der Waals surface area contributed by atoms with Gasteiger partial charge in [0.15, 0.2) is 0 Å². The second-order valence-electron chi connectivity index (χ2n) is 5.34. The second kappa shape index (κ2) is 3.43. The van der Waals surface area contributed by atoms with E-state index in [1.807, 2.05) is 0 Å². The normalized spacial score (nSPS) is 25.8. The van der Waals surface area contributed by atoms with Gasteiger partial charge in [-0.15, -0.1) is 0 Å². The molecule has 0 bridgehead atoms. The van der Waals surface area contributed by atoms with Gasteiger partial charge in [-0.25, -0.2) is 0 Å². The Morgan fingerprint density at radius 1 is 1.23 bits per heavy atom. The molecule has 76 valence electrons. The van der Waals surface area contributed by atoms with Crippen molar-refractivity contribution in [1.82, 2.24) is 5.32 Å². The highest BCUT2D eigenvalue weighted by atomic mass is 15.0. The zero-order valence-electron chi connectivity index (χ0n) is 9.28. The molecule has 1 fully saturated rings. The maximum absolute atomic E-state index is 5.54. The van der Waals surface area contributed by atoms with Crippen LogP contribution in [-0.4, -0.2) is 17.6 Å². The Hall–Kier alpha value is -0.340. The molecule has 2 nitrogen and oxygen atoms in total. The summed E-state index contributed by atoms with van der Waals surface area (Å²) in [7, 11) is 0. The van der Waals surface area contributed by atoms with Gasteiger partial charge in [0.25, 0.3) is 0 Å². The lowest BCUT2D eigenvalue weighted by molar-refractivity contribution is 0.223. The molecule has 1 heterocycles. The Morgan fingerprint density at radius 2 is 1.69 bits per heavy atom. The summed E-state index contributed by atoms with van der Waals surface area (Å²) in [6, 6.07) is 0. The van der Waals surface area contributed by atoms with Crippen LogP contribution in [0.3, 0.4) is 0 Å².